The maximum atomic E-state index is 5.44. The van der Waals surface area contributed by atoms with E-state index in [2.05, 4.69) is 255 Å². The fourth-order valence-corrected chi connectivity index (χ4v) is 12.6. The number of benzene rings is 12. The summed E-state index contributed by atoms with van der Waals surface area (Å²) in [5.74, 6) is 0.697. The third-order valence-electron chi connectivity index (χ3n) is 15.5. The Labute approximate surface area is 411 Å². The molecular formula is C69H42N2. The number of aromatic nitrogens is 2. The first-order valence-electron chi connectivity index (χ1n) is 24.6. The number of hydrogen-bond donors (Lipinski definition) is 0. The van der Waals surface area contributed by atoms with E-state index in [4.69, 9.17) is 9.97 Å². The molecule has 0 fully saturated rings. The van der Waals surface area contributed by atoms with Crippen molar-refractivity contribution in [3.63, 3.8) is 0 Å². The Morgan fingerprint density at radius 1 is 0.254 bits per heavy atom. The second-order valence-corrected chi connectivity index (χ2v) is 19.1. The SMILES string of the molecule is c1ccc(-c2nc(-c3ccc4c(c3)-c3ccccc3C43c4ccccc4-c4ccccc43)cc(-c3ccc(-c4c5ccccc5c(-c5ccccc5)c5ccc6ccccc6c45)c4ccccc34)n2)cc1. The lowest BCUT2D eigenvalue weighted by atomic mass is 9.70. The van der Waals surface area contributed by atoms with Gasteiger partial charge in [-0.05, 0) is 122 Å². The Morgan fingerprint density at radius 3 is 1.42 bits per heavy atom. The highest BCUT2D eigenvalue weighted by Crippen LogP contribution is 2.63. The summed E-state index contributed by atoms with van der Waals surface area (Å²) in [4.78, 5) is 10.8. The van der Waals surface area contributed by atoms with Gasteiger partial charge >= 0.3 is 0 Å². The third kappa shape index (κ3) is 5.71. The van der Waals surface area contributed by atoms with Crippen LogP contribution in [0.25, 0.3) is 122 Å². The Hall–Kier alpha value is -9.24. The lowest BCUT2D eigenvalue weighted by molar-refractivity contribution is 0.794. The maximum Gasteiger partial charge on any atom is 0.160 e. The molecule has 15 rings (SSSR count). The summed E-state index contributed by atoms with van der Waals surface area (Å²) in [5.41, 5.74) is 19.8. The largest absolute Gasteiger partial charge is 0.228 e. The van der Waals surface area contributed by atoms with Gasteiger partial charge in [-0.2, -0.15) is 0 Å². The van der Waals surface area contributed by atoms with Crippen molar-refractivity contribution in [2.24, 2.45) is 0 Å². The third-order valence-corrected chi connectivity index (χ3v) is 15.5. The van der Waals surface area contributed by atoms with Crippen LogP contribution in [-0.2, 0) is 5.41 Å². The van der Waals surface area contributed by atoms with Crippen LogP contribution in [-0.4, -0.2) is 9.97 Å². The highest BCUT2D eigenvalue weighted by atomic mass is 14.9. The van der Waals surface area contributed by atoms with Crippen molar-refractivity contribution in [2.45, 2.75) is 5.41 Å². The van der Waals surface area contributed by atoms with Gasteiger partial charge in [0.25, 0.3) is 0 Å². The van der Waals surface area contributed by atoms with E-state index < -0.39 is 5.41 Å². The van der Waals surface area contributed by atoms with Gasteiger partial charge in [0, 0.05) is 16.7 Å². The van der Waals surface area contributed by atoms with Crippen molar-refractivity contribution in [1.82, 2.24) is 9.97 Å². The summed E-state index contributed by atoms with van der Waals surface area (Å²) in [6.45, 7) is 0. The molecule has 0 amide bonds. The first-order chi connectivity index (χ1) is 35.2. The maximum absolute atomic E-state index is 5.44. The molecule has 13 aromatic rings. The number of hydrogen-bond acceptors (Lipinski definition) is 2. The molecule has 1 spiro atoms. The van der Waals surface area contributed by atoms with Crippen LogP contribution in [0.3, 0.4) is 0 Å². The first-order valence-corrected chi connectivity index (χ1v) is 24.6. The van der Waals surface area contributed by atoms with Gasteiger partial charge in [-0.3, -0.25) is 0 Å². The number of fused-ring (bicyclic) bond motifs is 15. The molecular weight excluding hydrogens is 857 g/mol. The first kappa shape index (κ1) is 39.7. The average molecular weight is 899 g/mol. The van der Waals surface area contributed by atoms with E-state index in [1.807, 2.05) is 0 Å². The highest BCUT2D eigenvalue weighted by molar-refractivity contribution is 6.29. The zero-order valence-electron chi connectivity index (χ0n) is 38.6. The number of rotatable bonds is 5. The van der Waals surface area contributed by atoms with Crippen molar-refractivity contribution >= 4 is 43.1 Å². The van der Waals surface area contributed by atoms with Gasteiger partial charge < -0.3 is 0 Å². The quantitative estimate of drug-likeness (QED) is 0.127. The Bertz CT molecular complexity index is 4290. The Balaban J connectivity index is 0.958. The normalized spacial score (nSPS) is 12.9. The molecule has 1 aromatic heterocycles. The molecule has 12 aromatic carbocycles. The van der Waals surface area contributed by atoms with Crippen LogP contribution in [0.5, 0.6) is 0 Å². The summed E-state index contributed by atoms with van der Waals surface area (Å²) in [6.07, 6.45) is 0. The van der Waals surface area contributed by atoms with Gasteiger partial charge in [0.1, 0.15) is 0 Å². The summed E-state index contributed by atoms with van der Waals surface area (Å²) in [6, 6.07) is 93.5. The average Bonchev–Trinajstić information content (AvgIpc) is 3.92. The van der Waals surface area contributed by atoms with Crippen LogP contribution in [0.1, 0.15) is 22.3 Å². The second kappa shape index (κ2) is 15.4. The molecule has 0 saturated carbocycles. The van der Waals surface area contributed by atoms with Crippen LogP contribution in [0.4, 0.5) is 0 Å². The van der Waals surface area contributed by atoms with E-state index >= 15 is 0 Å². The van der Waals surface area contributed by atoms with Crippen LogP contribution in [0.15, 0.2) is 255 Å². The molecule has 328 valence electrons. The van der Waals surface area contributed by atoms with E-state index in [1.165, 1.54) is 104 Å². The van der Waals surface area contributed by atoms with Crippen LogP contribution in [0.2, 0.25) is 0 Å². The van der Waals surface area contributed by atoms with E-state index in [1.54, 1.807) is 0 Å². The lowest BCUT2D eigenvalue weighted by Gasteiger charge is -2.30. The van der Waals surface area contributed by atoms with Gasteiger partial charge in [0.15, 0.2) is 5.82 Å². The van der Waals surface area contributed by atoms with Crippen molar-refractivity contribution in [3.8, 4) is 78.4 Å². The molecule has 0 atom stereocenters. The number of nitrogens with zero attached hydrogens (tertiary/aromatic N) is 2. The molecule has 0 unspecified atom stereocenters. The molecule has 2 aliphatic rings. The smallest absolute Gasteiger partial charge is 0.160 e. The summed E-state index contributed by atoms with van der Waals surface area (Å²) >= 11 is 0. The van der Waals surface area contributed by atoms with E-state index in [0.29, 0.717) is 5.82 Å². The molecule has 2 aliphatic carbocycles. The Morgan fingerprint density at radius 2 is 0.746 bits per heavy atom. The second-order valence-electron chi connectivity index (χ2n) is 19.1. The van der Waals surface area contributed by atoms with Crippen molar-refractivity contribution in [2.75, 3.05) is 0 Å². The molecule has 0 aliphatic heterocycles. The Kier molecular flexibility index (Phi) is 8.61. The van der Waals surface area contributed by atoms with Crippen LogP contribution >= 0.6 is 0 Å². The zero-order valence-corrected chi connectivity index (χ0v) is 38.6. The molecule has 1 heterocycles. The van der Waals surface area contributed by atoms with Crippen LogP contribution < -0.4 is 0 Å². The molecule has 71 heavy (non-hydrogen) atoms. The fraction of sp³-hybridized carbons (Fsp3) is 0.0145. The molecule has 0 radical (unpaired) electrons. The topological polar surface area (TPSA) is 25.8 Å². The van der Waals surface area contributed by atoms with Crippen molar-refractivity contribution in [3.05, 3.63) is 277 Å². The van der Waals surface area contributed by atoms with E-state index in [0.717, 1.165) is 33.5 Å². The molecule has 0 saturated heterocycles. The monoisotopic (exact) mass is 898 g/mol. The van der Waals surface area contributed by atoms with Crippen LogP contribution in [0, 0.1) is 0 Å². The molecule has 0 N–H and O–H groups in total. The molecule has 2 nitrogen and oxygen atoms in total. The molecule has 2 heteroatoms. The summed E-state index contributed by atoms with van der Waals surface area (Å²) in [5, 5.41) is 9.76. The molecule has 0 bridgehead atoms. The lowest BCUT2D eigenvalue weighted by Crippen LogP contribution is -2.25. The van der Waals surface area contributed by atoms with Gasteiger partial charge in [-0.1, -0.05) is 243 Å². The van der Waals surface area contributed by atoms with E-state index in [9.17, 15) is 0 Å². The standard InChI is InChI=1S/C69H42N2/c1-3-20-44(21-4-1)65-54-30-11-12-31-55(54)67(66-47-24-8-7-19-43(47)35-37-57(65)66)56-39-38-53(48-25-9-10-26-49(48)56)64-42-63(70-68(71-64)45-22-5-2-6-23-45)46-36-40-62-58(41-46)52-29-15-18-34-61(52)69(62)59-32-16-13-27-50(59)51-28-14-17-33-60(51)69/h1-42H. The highest BCUT2D eigenvalue weighted by Gasteiger charge is 2.51. The predicted molar refractivity (Wildman–Crippen MR) is 296 cm³/mol. The van der Waals surface area contributed by atoms with Gasteiger partial charge in [0.05, 0.1) is 16.8 Å². The minimum Gasteiger partial charge on any atom is -0.228 e. The predicted octanol–water partition coefficient (Wildman–Crippen LogP) is 17.8. The van der Waals surface area contributed by atoms with Gasteiger partial charge in [-0.15, -0.1) is 0 Å². The van der Waals surface area contributed by atoms with E-state index in [-0.39, 0.29) is 0 Å². The minimum atomic E-state index is -0.408. The van der Waals surface area contributed by atoms with Crippen molar-refractivity contribution in [1.29, 1.82) is 0 Å². The van der Waals surface area contributed by atoms with Gasteiger partial charge in [0.2, 0.25) is 0 Å². The minimum absolute atomic E-state index is 0.408. The summed E-state index contributed by atoms with van der Waals surface area (Å²) < 4.78 is 0. The fourth-order valence-electron chi connectivity index (χ4n) is 12.6. The zero-order chi connectivity index (χ0) is 46.6. The van der Waals surface area contributed by atoms with Crippen molar-refractivity contribution < 1.29 is 0 Å². The van der Waals surface area contributed by atoms with Gasteiger partial charge in [-0.25, -0.2) is 9.97 Å². The summed E-state index contributed by atoms with van der Waals surface area (Å²) in [7, 11) is 0.